The standard InChI is InChI=1S/C18H29N3S/c1-2-6-15(7-3-1)16-8-11-20(13-16)14-17-12-19-18(22-17)21-9-4-5-10-21/h12,15-16H,1-11,13-14H2/t16-/m1/s1. The fourth-order valence-electron chi connectivity index (χ4n) is 4.64. The third kappa shape index (κ3) is 3.33. The van der Waals surface area contributed by atoms with E-state index in [4.69, 9.17) is 0 Å². The molecule has 4 rings (SSSR count). The van der Waals surface area contributed by atoms with Crippen LogP contribution in [0.3, 0.4) is 0 Å². The molecule has 1 aromatic rings. The second kappa shape index (κ2) is 6.88. The monoisotopic (exact) mass is 319 g/mol. The smallest absolute Gasteiger partial charge is 0.185 e. The minimum absolute atomic E-state index is 0.978. The molecule has 0 N–H and O–H groups in total. The molecule has 2 saturated heterocycles. The Bertz CT molecular complexity index is 474. The normalized spacial score (nSPS) is 27.8. The number of hydrogen-bond acceptors (Lipinski definition) is 4. The molecule has 0 aromatic carbocycles. The number of aromatic nitrogens is 1. The molecule has 22 heavy (non-hydrogen) atoms. The second-order valence-electron chi connectivity index (χ2n) is 7.49. The van der Waals surface area contributed by atoms with E-state index >= 15 is 0 Å². The van der Waals surface area contributed by atoms with Crippen molar-refractivity contribution in [1.82, 2.24) is 9.88 Å². The van der Waals surface area contributed by atoms with E-state index in [2.05, 4.69) is 21.0 Å². The predicted octanol–water partition coefficient (Wildman–Crippen LogP) is 4.15. The van der Waals surface area contributed by atoms with Crippen LogP contribution in [0.5, 0.6) is 0 Å². The van der Waals surface area contributed by atoms with Gasteiger partial charge in [0.1, 0.15) is 0 Å². The van der Waals surface area contributed by atoms with Gasteiger partial charge in [0, 0.05) is 37.3 Å². The highest BCUT2D eigenvalue weighted by Crippen LogP contribution is 2.36. The molecular weight excluding hydrogens is 290 g/mol. The fourth-order valence-corrected chi connectivity index (χ4v) is 5.65. The molecule has 2 aliphatic heterocycles. The zero-order chi connectivity index (χ0) is 14.8. The van der Waals surface area contributed by atoms with Crippen LogP contribution in [0.25, 0.3) is 0 Å². The average Bonchev–Trinajstić information content (AvgIpc) is 3.30. The minimum atomic E-state index is 0.978. The third-order valence-electron chi connectivity index (χ3n) is 5.92. The van der Waals surface area contributed by atoms with E-state index < -0.39 is 0 Å². The largest absolute Gasteiger partial charge is 0.348 e. The fraction of sp³-hybridized carbons (Fsp3) is 0.833. The molecule has 122 valence electrons. The Kier molecular flexibility index (Phi) is 4.67. The zero-order valence-electron chi connectivity index (χ0n) is 13.7. The second-order valence-corrected chi connectivity index (χ2v) is 8.58. The SMILES string of the molecule is c1nc(N2CCCC2)sc1CN1CC[C@@H](C2CCCCC2)C1. The van der Waals surface area contributed by atoms with Crippen molar-refractivity contribution in [2.75, 3.05) is 31.1 Å². The van der Waals surface area contributed by atoms with Gasteiger partial charge >= 0.3 is 0 Å². The summed E-state index contributed by atoms with van der Waals surface area (Å²) >= 11 is 1.93. The maximum Gasteiger partial charge on any atom is 0.185 e. The topological polar surface area (TPSA) is 19.4 Å². The van der Waals surface area contributed by atoms with Gasteiger partial charge in [-0.3, -0.25) is 4.90 Å². The van der Waals surface area contributed by atoms with Gasteiger partial charge < -0.3 is 4.90 Å². The first-order valence-corrected chi connectivity index (χ1v) is 10.1. The van der Waals surface area contributed by atoms with Crippen LogP contribution < -0.4 is 4.90 Å². The number of rotatable bonds is 4. The van der Waals surface area contributed by atoms with Gasteiger partial charge in [-0.05, 0) is 37.6 Å². The van der Waals surface area contributed by atoms with Crippen molar-refractivity contribution >= 4 is 16.5 Å². The van der Waals surface area contributed by atoms with Crippen molar-refractivity contribution in [3.8, 4) is 0 Å². The van der Waals surface area contributed by atoms with Crippen LogP contribution >= 0.6 is 11.3 Å². The van der Waals surface area contributed by atoms with E-state index in [0.29, 0.717) is 0 Å². The summed E-state index contributed by atoms with van der Waals surface area (Å²) in [6, 6.07) is 0. The number of nitrogens with zero attached hydrogens (tertiary/aromatic N) is 3. The number of thiazole rings is 1. The highest BCUT2D eigenvalue weighted by atomic mass is 32.1. The maximum absolute atomic E-state index is 4.67. The van der Waals surface area contributed by atoms with E-state index in [1.807, 2.05) is 11.3 Å². The van der Waals surface area contributed by atoms with Crippen molar-refractivity contribution in [2.24, 2.45) is 11.8 Å². The Balaban J connectivity index is 1.30. The molecule has 0 bridgehead atoms. The van der Waals surface area contributed by atoms with Crippen LogP contribution in [0.2, 0.25) is 0 Å². The quantitative estimate of drug-likeness (QED) is 0.831. The lowest BCUT2D eigenvalue weighted by Crippen LogP contribution is -2.23. The lowest BCUT2D eigenvalue weighted by atomic mass is 9.80. The van der Waals surface area contributed by atoms with Crippen molar-refractivity contribution < 1.29 is 0 Å². The van der Waals surface area contributed by atoms with Gasteiger partial charge in [-0.2, -0.15) is 0 Å². The van der Waals surface area contributed by atoms with Crippen LogP contribution in [0, 0.1) is 11.8 Å². The van der Waals surface area contributed by atoms with Gasteiger partial charge in [0.05, 0.1) is 0 Å². The summed E-state index contributed by atoms with van der Waals surface area (Å²) < 4.78 is 0. The molecule has 1 aromatic heterocycles. The Morgan fingerprint density at radius 2 is 1.77 bits per heavy atom. The molecule has 3 aliphatic rings. The lowest BCUT2D eigenvalue weighted by molar-refractivity contribution is 0.235. The van der Waals surface area contributed by atoms with Gasteiger partial charge in [0.15, 0.2) is 5.13 Å². The number of anilines is 1. The summed E-state index contributed by atoms with van der Waals surface area (Å²) in [7, 11) is 0. The molecule has 0 spiro atoms. The zero-order valence-corrected chi connectivity index (χ0v) is 14.5. The van der Waals surface area contributed by atoms with Crippen molar-refractivity contribution in [2.45, 2.75) is 57.9 Å². The first-order valence-electron chi connectivity index (χ1n) is 9.30. The summed E-state index contributed by atoms with van der Waals surface area (Å²) in [5, 5.41) is 1.26. The number of likely N-dealkylation sites (tertiary alicyclic amines) is 1. The summed E-state index contributed by atoms with van der Waals surface area (Å²) in [5.74, 6) is 2.01. The van der Waals surface area contributed by atoms with E-state index in [-0.39, 0.29) is 0 Å². The molecule has 3 heterocycles. The number of hydrogen-bond donors (Lipinski definition) is 0. The van der Waals surface area contributed by atoms with Crippen molar-refractivity contribution in [1.29, 1.82) is 0 Å². The highest BCUT2D eigenvalue weighted by Gasteiger charge is 2.30. The maximum atomic E-state index is 4.67. The van der Waals surface area contributed by atoms with Crippen LogP contribution in [0.15, 0.2) is 6.20 Å². The molecule has 1 saturated carbocycles. The van der Waals surface area contributed by atoms with Gasteiger partial charge in [-0.1, -0.05) is 32.1 Å². The highest BCUT2D eigenvalue weighted by molar-refractivity contribution is 7.15. The Hall–Kier alpha value is -0.610. The van der Waals surface area contributed by atoms with Gasteiger partial charge in [0.2, 0.25) is 0 Å². The Labute approximate surface area is 138 Å². The third-order valence-corrected chi connectivity index (χ3v) is 6.97. The molecule has 3 nitrogen and oxygen atoms in total. The minimum Gasteiger partial charge on any atom is -0.348 e. The van der Waals surface area contributed by atoms with Crippen LogP contribution in [-0.4, -0.2) is 36.1 Å². The summed E-state index contributed by atoms with van der Waals surface area (Å²) in [6.07, 6.45) is 13.7. The molecule has 1 aliphatic carbocycles. The summed E-state index contributed by atoms with van der Waals surface area (Å²) in [5.41, 5.74) is 0. The first kappa shape index (κ1) is 14.9. The average molecular weight is 320 g/mol. The molecular formula is C18H29N3S. The van der Waals surface area contributed by atoms with E-state index in [1.165, 1.54) is 87.6 Å². The van der Waals surface area contributed by atoms with Crippen molar-refractivity contribution in [3.05, 3.63) is 11.1 Å². The summed E-state index contributed by atoms with van der Waals surface area (Å²) in [6.45, 7) is 6.19. The first-order chi connectivity index (χ1) is 10.9. The van der Waals surface area contributed by atoms with Crippen LogP contribution in [-0.2, 0) is 6.54 Å². The van der Waals surface area contributed by atoms with Gasteiger partial charge in [0.25, 0.3) is 0 Å². The van der Waals surface area contributed by atoms with Gasteiger partial charge in [-0.25, -0.2) is 4.98 Å². The molecule has 4 heteroatoms. The summed E-state index contributed by atoms with van der Waals surface area (Å²) in [4.78, 5) is 11.3. The molecule has 0 amide bonds. The molecule has 0 unspecified atom stereocenters. The van der Waals surface area contributed by atoms with Crippen LogP contribution in [0.1, 0.15) is 56.2 Å². The van der Waals surface area contributed by atoms with E-state index in [1.54, 1.807) is 0 Å². The van der Waals surface area contributed by atoms with Gasteiger partial charge in [-0.15, -0.1) is 11.3 Å². The van der Waals surface area contributed by atoms with Crippen LogP contribution in [0.4, 0.5) is 5.13 Å². The van der Waals surface area contributed by atoms with E-state index in [9.17, 15) is 0 Å². The van der Waals surface area contributed by atoms with E-state index in [0.717, 1.165) is 18.4 Å². The Morgan fingerprint density at radius 1 is 0.955 bits per heavy atom. The molecule has 3 fully saturated rings. The predicted molar refractivity (Wildman–Crippen MR) is 93.5 cm³/mol. The molecule has 1 atom stereocenters. The Morgan fingerprint density at radius 3 is 2.59 bits per heavy atom. The molecule has 0 radical (unpaired) electrons. The lowest BCUT2D eigenvalue weighted by Gasteiger charge is -2.27. The van der Waals surface area contributed by atoms with Crippen molar-refractivity contribution in [3.63, 3.8) is 0 Å².